The van der Waals surface area contributed by atoms with Gasteiger partial charge >= 0.3 is 0 Å². The monoisotopic (exact) mass is 326 g/mol. The van der Waals surface area contributed by atoms with Crippen LogP contribution in [0.15, 0.2) is 0 Å². The molecule has 130 valence electrons. The van der Waals surface area contributed by atoms with Gasteiger partial charge in [-0.3, -0.25) is 0 Å². The Morgan fingerprint density at radius 2 is 1.41 bits per heavy atom. The van der Waals surface area contributed by atoms with Crippen LogP contribution in [0.25, 0.3) is 0 Å². The van der Waals surface area contributed by atoms with Gasteiger partial charge in [0.1, 0.15) is 54.4 Å². The molecule has 2 aliphatic heterocycles. The van der Waals surface area contributed by atoms with Gasteiger partial charge in [0.05, 0.1) is 19.8 Å². The van der Waals surface area contributed by atoms with E-state index in [1.54, 1.807) is 0 Å². The van der Waals surface area contributed by atoms with Crippen molar-refractivity contribution in [2.24, 2.45) is 0 Å². The largest absolute Gasteiger partial charge is 0.394 e. The molecule has 0 spiro atoms. The van der Waals surface area contributed by atoms with Crippen LogP contribution in [-0.2, 0) is 9.47 Å². The third kappa shape index (κ3) is 2.76. The molecular weight excluding hydrogens is 304 g/mol. The van der Waals surface area contributed by atoms with E-state index in [1.165, 1.54) is 0 Å². The second-order valence-electron chi connectivity index (χ2n) is 5.71. The predicted molar refractivity (Wildman–Crippen MR) is 67.6 cm³/mol. The SMILES string of the molecule is OC[C@H]1OC[C@](O)([C@H]2O[C@H](CO)[C@@H](O)[C@H](O)[C@@H]2O)[C@@H](O)[C@@H]1O. The molecule has 2 rings (SSSR count). The highest BCUT2D eigenvalue weighted by Crippen LogP contribution is 2.35. The van der Waals surface area contributed by atoms with E-state index in [0.29, 0.717) is 0 Å². The zero-order valence-electron chi connectivity index (χ0n) is 11.6. The number of aliphatic hydroxyl groups is 8. The van der Waals surface area contributed by atoms with Gasteiger partial charge in [-0.15, -0.1) is 0 Å². The normalized spacial score (nSPS) is 53.5. The second kappa shape index (κ2) is 6.61. The third-order valence-corrected chi connectivity index (χ3v) is 4.31. The molecule has 0 aliphatic carbocycles. The lowest BCUT2D eigenvalue weighted by atomic mass is 9.78. The first-order valence-electron chi connectivity index (χ1n) is 6.89. The fourth-order valence-electron chi connectivity index (χ4n) is 2.85. The van der Waals surface area contributed by atoms with Crippen LogP contribution >= 0.6 is 0 Å². The zero-order valence-corrected chi connectivity index (χ0v) is 11.6. The summed E-state index contributed by atoms with van der Waals surface area (Å²) in [4.78, 5) is 0. The number of hydrogen-bond acceptors (Lipinski definition) is 10. The highest BCUT2D eigenvalue weighted by Gasteiger charge is 2.59. The van der Waals surface area contributed by atoms with Crippen LogP contribution in [0.1, 0.15) is 0 Å². The standard InChI is InChI=1S/C12H22O10/c13-1-4-7(16)10(19)12(20,3-21-4)11-9(18)8(17)6(15)5(2-14)22-11/h4-11,13-20H,1-3H2/t4-,5-,6-,7-,8+,9+,10+,11+,12-/m1/s1. The smallest absolute Gasteiger partial charge is 0.145 e. The minimum absolute atomic E-state index is 0.594. The number of rotatable bonds is 3. The molecule has 9 atom stereocenters. The Hall–Kier alpha value is -0.400. The topological polar surface area (TPSA) is 180 Å². The first kappa shape index (κ1) is 17.9. The van der Waals surface area contributed by atoms with Crippen molar-refractivity contribution in [3.8, 4) is 0 Å². The van der Waals surface area contributed by atoms with Crippen LogP contribution in [0.5, 0.6) is 0 Å². The molecule has 10 nitrogen and oxygen atoms in total. The van der Waals surface area contributed by atoms with Gasteiger partial charge in [0, 0.05) is 0 Å². The van der Waals surface area contributed by atoms with Crippen molar-refractivity contribution in [2.75, 3.05) is 19.8 Å². The summed E-state index contributed by atoms with van der Waals surface area (Å²) in [6, 6.07) is 0. The Kier molecular flexibility index (Phi) is 5.39. The van der Waals surface area contributed by atoms with Crippen LogP contribution in [0.2, 0.25) is 0 Å². The lowest BCUT2D eigenvalue weighted by Crippen LogP contribution is -2.73. The molecule has 0 aromatic carbocycles. The van der Waals surface area contributed by atoms with Gasteiger partial charge in [0.15, 0.2) is 0 Å². The number of hydrogen-bond donors (Lipinski definition) is 8. The fraction of sp³-hybridized carbons (Fsp3) is 1.00. The maximum atomic E-state index is 10.6. The minimum atomic E-state index is -2.31. The summed E-state index contributed by atoms with van der Waals surface area (Å²) in [5.74, 6) is 0. The molecule has 0 aromatic heterocycles. The van der Waals surface area contributed by atoms with Crippen LogP contribution < -0.4 is 0 Å². The third-order valence-electron chi connectivity index (χ3n) is 4.31. The first-order valence-corrected chi connectivity index (χ1v) is 6.89. The summed E-state index contributed by atoms with van der Waals surface area (Å²) in [6.07, 6.45) is -12.7. The molecule has 10 heteroatoms. The Morgan fingerprint density at radius 3 is 1.95 bits per heavy atom. The van der Waals surface area contributed by atoms with E-state index < -0.39 is 74.3 Å². The number of ether oxygens (including phenoxy) is 2. The minimum Gasteiger partial charge on any atom is -0.394 e. The molecule has 0 aromatic rings. The van der Waals surface area contributed by atoms with Crippen molar-refractivity contribution in [3.63, 3.8) is 0 Å². The van der Waals surface area contributed by atoms with E-state index >= 15 is 0 Å². The van der Waals surface area contributed by atoms with Gasteiger partial charge in [-0.05, 0) is 0 Å². The number of aliphatic hydroxyl groups excluding tert-OH is 7. The van der Waals surface area contributed by atoms with E-state index in [9.17, 15) is 30.6 Å². The molecule has 0 unspecified atom stereocenters. The molecule has 2 heterocycles. The van der Waals surface area contributed by atoms with Crippen LogP contribution in [0, 0.1) is 0 Å². The zero-order chi connectivity index (χ0) is 16.7. The van der Waals surface area contributed by atoms with Crippen molar-refractivity contribution in [3.05, 3.63) is 0 Å². The van der Waals surface area contributed by atoms with Crippen LogP contribution in [-0.4, -0.2) is 115 Å². The maximum Gasteiger partial charge on any atom is 0.145 e. The van der Waals surface area contributed by atoms with Crippen molar-refractivity contribution < 1.29 is 50.3 Å². The summed E-state index contributed by atoms with van der Waals surface area (Å²) in [5, 5.41) is 78.1. The molecule has 0 radical (unpaired) electrons. The summed E-state index contributed by atoms with van der Waals surface area (Å²) in [6.45, 7) is -1.89. The fourth-order valence-corrected chi connectivity index (χ4v) is 2.85. The molecule has 8 N–H and O–H groups in total. The summed E-state index contributed by atoms with van der Waals surface area (Å²) in [7, 11) is 0. The molecule has 0 bridgehead atoms. The molecular formula is C12H22O10. The molecule has 2 aliphatic rings. The van der Waals surface area contributed by atoms with Crippen molar-refractivity contribution >= 4 is 0 Å². The molecule has 0 saturated carbocycles. The molecule has 0 amide bonds. The van der Waals surface area contributed by atoms with Crippen molar-refractivity contribution in [1.29, 1.82) is 0 Å². The average molecular weight is 326 g/mol. The van der Waals surface area contributed by atoms with E-state index in [4.69, 9.17) is 19.7 Å². The Bertz CT molecular complexity index is 379. The molecule has 2 fully saturated rings. The summed E-state index contributed by atoms with van der Waals surface area (Å²) < 4.78 is 10.2. The average Bonchev–Trinajstić information content (AvgIpc) is 2.51. The predicted octanol–water partition coefficient (Wildman–Crippen LogP) is -5.33. The maximum absolute atomic E-state index is 10.6. The summed E-state index contributed by atoms with van der Waals surface area (Å²) >= 11 is 0. The van der Waals surface area contributed by atoms with Crippen LogP contribution in [0.3, 0.4) is 0 Å². The van der Waals surface area contributed by atoms with Crippen LogP contribution in [0.4, 0.5) is 0 Å². The van der Waals surface area contributed by atoms with Gasteiger partial charge in [-0.1, -0.05) is 0 Å². The Balaban J connectivity index is 2.24. The van der Waals surface area contributed by atoms with Crippen molar-refractivity contribution in [2.45, 2.75) is 54.4 Å². The van der Waals surface area contributed by atoms with Gasteiger partial charge < -0.3 is 50.3 Å². The lowest BCUT2D eigenvalue weighted by molar-refractivity contribution is -0.323. The Morgan fingerprint density at radius 1 is 0.818 bits per heavy atom. The van der Waals surface area contributed by atoms with E-state index in [-0.39, 0.29) is 0 Å². The van der Waals surface area contributed by atoms with E-state index in [0.717, 1.165) is 0 Å². The van der Waals surface area contributed by atoms with Gasteiger partial charge in [0.25, 0.3) is 0 Å². The van der Waals surface area contributed by atoms with Gasteiger partial charge in [-0.2, -0.15) is 0 Å². The molecule has 2 saturated heterocycles. The van der Waals surface area contributed by atoms with E-state index in [2.05, 4.69) is 0 Å². The first-order chi connectivity index (χ1) is 10.3. The second-order valence-corrected chi connectivity index (χ2v) is 5.71. The van der Waals surface area contributed by atoms with Gasteiger partial charge in [-0.25, -0.2) is 0 Å². The quantitative estimate of drug-likeness (QED) is 0.249. The highest BCUT2D eigenvalue weighted by atomic mass is 16.6. The highest BCUT2D eigenvalue weighted by molar-refractivity contribution is 5.08. The van der Waals surface area contributed by atoms with Crippen molar-refractivity contribution in [1.82, 2.24) is 0 Å². The Labute approximate surface area is 125 Å². The lowest BCUT2D eigenvalue weighted by Gasteiger charge is -2.51. The summed E-state index contributed by atoms with van der Waals surface area (Å²) in [5.41, 5.74) is -2.31. The molecule has 22 heavy (non-hydrogen) atoms. The van der Waals surface area contributed by atoms with E-state index in [1.807, 2.05) is 0 Å². The van der Waals surface area contributed by atoms with Gasteiger partial charge in [0.2, 0.25) is 0 Å².